The maximum absolute atomic E-state index is 13.8. The number of hydrogen-bond donors (Lipinski definition) is 2. The summed E-state index contributed by atoms with van der Waals surface area (Å²) in [5.41, 5.74) is 1.77. The minimum atomic E-state index is -0.494. The monoisotopic (exact) mass is 362 g/mol. The second kappa shape index (κ2) is 8.62. The van der Waals surface area contributed by atoms with E-state index in [0.717, 1.165) is 5.56 Å². The molecule has 0 spiro atoms. The van der Waals surface area contributed by atoms with Gasteiger partial charge in [0, 0.05) is 22.7 Å². The molecule has 1 atom stereocenters. The highest BCUT2D eigenvalue weighted by Gasteiger charge is 2.14. The second-order valence-corrected chi connectivity index (χ2v) is 6.10. The molecular weight excluding hydrogens is 343 g/mol. The lowest BCUT2D eigenvalue weighted by Gasteiger charge is -2.15. The molecule has 25 heavy (non-hydrogen) atoms. The smallest absolute Gasteiger partial charge is 0.225 e. The van der Waals surface area contributed by atoms with Gasteiger partial charge in [-0.25, -0.2) is 4.39 Å². The summed E-state index contributed by atoms with van der Waals surface area (Å²) < 4.78 is 13.8. The average molecular weight is 363 g/mol. The van der Waals surface area contributed by atoms with Crippen molar-refractivity contribution >= 4 is 29.1 Å². The molecule has 2 N–H and O–H groups in total. The van der Waals surface area contributed by atoms with Crippen LogP contribution in [-0.4, -0.2) is 11.8 Å². The number of anilines is 1. The van der Waals surface area contributed by atoms with Gasteiger partial charge in [0.15, 0.2) is 0 Å². The molecule has 2 rings (SSSR count). The van der Waals surface area contributed by atoms with Crippen molar-refractivity contribution in [3.8, 4) is 0 Å². The summed E-state index contributed by atoms with van der Waals surface area (Å²) in [6.45, 7) is 3.61. The molecule has 0 aliphatic rings. The van der Waals surface area contributed by atoms with Gasteiger partial charge in [-0.3, -0.25) is 9.59 Å². The standard InChI is InChI=1S/C19H20ClFN2O2/c1-3-18(24)23-14-9-7-13(8-10-14)12(2)22-19(25)11-15-16(20)5-4-6-17(15)21/h4-10,12H,3,11H2,1-2H3,(H,22,25)(H,23,24). The third-order valence-electron chi connectivity index (χ3n) is 3.79. The van der Waals surface area contributed by atoms with E-state index in [1.54, 1.807) is 25.1 Å². The zero-order valence-corrected chi connectivity index (χ0v) is 14.9. The van der Waals surface area contributed by atoms with Gasteiger partial charge in [-0.15, -0.1) is 0 Å². The number of hydrogen-bond acceptors (Lipinski definition) is 2. The molecule has 0 aromatic heterocycles. The van der Waals surface area contributed by atoms with E-state index in [4.69, 9.17) is 11.6 Å². The summed E-state index contributed by atoms with van der Waals surface area (Å²) in [6.07, 6.45) is 0.285. The molecule has 1 unspecified atom stereocenters. The average Bonchev–Trinajstić information content (AvgIpc) is 2.58. The van der Waals surface area contributed by atoms with Crippen LogP contribution in [0.3, 0.4) is 0 Å². The Hall–Kier alpha value is -2.40. The molecule has 132 valence electrons. The predicted octanol–water partition coefficient (Wildman–Crippen LogP) is 4.25. The molecule has 0 radical (unpaired) electrons. The van der Waals surface area contributed by atoms with Crippen LogP contribution in [0, 0.1) is 5.82 Å². The largest absolute Gasteiger partial charge is 0.349 e. The van der Waals surface area contributed by atoms with Crippen LogP contribution in [0.4, 0.5) is 10.1 Å². The highest BCUT2D eigenvalue weighted by Crippen LogP contribution is 2.20. The Bertz CT molecular complexity index is 742. The molecule has 4 nitrogen and oxygen atoms in total. The van der Waals surface area contributed by atoms with Crippen LogP contribution in [0.1, 0.15) is 37.4 Å². The molecule has 0 aliphatic carbocycles. The third kappa shape index (κ3) is 5.29. The fraction of sp³-hybridized carbons (Fsp3) is 0.263. The van der Waals surface area contributed by atoms with Gasteiger partial charge in [-0.05, 0) is 36.8 Å². The van der Waals surface area contributed by atoms with E-state index < -0.39 is 5.82 Å². The Morgan fingerprint density at radius 1 is 1.12 bits per heavy atom. The molecule has 0 fully saturated rings. The highest BCUT2D eigenvalue weighted by molar-refractivity contribution is 6.31. The molecule has 0 aliphatic heterocycles. The Kier molecular flexibility index (Phi) is 6.53. The fourth-order valence-corrected chi connectivity index (χ4v) is 2.57. The summed E-state index contributed by atoms with van der Waals surface area (Å²) >= 11 is 5.94. The molecule has 2 amide bonds. The summed E-state index contributed by atoms with van der Waals surface area (Å²) in [6, 6.07) is 11.3. The van der Waals surface area contributed by atoms with Crippen LogP contribution >= 0.6 is 11.6 Å². The van der Waals surface area contributed by atoms with E-state index >= 15 is 0 Å². The van der Waals surface area contributed by atoms with Crippen LogP contribution < -0.4 is 10.6 Å². The number of rotatable bonds is 6. The lowest BCUT2D eigenvalue weighted by Crippen LogP contribution is -2.28. The van der Waals surface area contributed by atoms with Crippen molar-refractivity contribution in [3.05, 3.63) is 64.4 Å². The van der Waals surface area contributed by atoms with Gasteiger partial charge in [-0.2, -0.15) is 0 Å². The molecule has 2 aromatic carbocycles. The second-order valence-electron chi connectivity index (χ2n) is 5.69. The van der Waals surface area contributed by atoms with Crippen molar-refractivity contribution in [2.75, 3.05) is 5.32 Å². The normalized spacial score (nSPS) is 11.7. The molecule has 6 heteroatoms. The quantitative estimate of drug-likeness (QED) is 0.807. The number of carbonyl (C=O) groups is 2. The van der Waals surface area contributed by atoms with Crippen molar-refractivity contribution in [2.24, 2.45) is 0 Å². The number of amides is 2. The van der Waals surface area contributed by atoms with Gasteiger partial charge in [-0.1, -0.05) is 36.7 Å². The number of nitrogens with one attached hydrogen (secondary N) is 2. The third-order valence-corrected chi connectivity index (χ3v) is 4.15. The van der Waals surface area contributed by atoms with Gasteiger partial charge >= 0.3 is 0 Å². The predicted molar refractivity (Wildman–Crippen MR) is 97.0 cm³/mol. The van der Waals surface area contributed by atoms with Crippen LogP contribution in [0.15, 0.2) is 42.5 Å². The minimum Gasteiger partial charge on any atom is -0.349 e. The first kappa shape index (κ1) is 18.9. The van der Waals surface area contributed by atoms with E-state index in [-0.39, 0.29) is 34.9 Å². The lowest BCUT2D eigenvalue weighted by molar-refractivity contribution is -0.121. The van der Waals surface area contributed by atoms with E-state index in [9.17, 15) is 14.0 Å². The van der Waals surface area contributed by atoms with Crippen molar-refractivity contribution in [2.45, 2.75) is 32.7 Å². The fourth-order valence-electron chi connectivity index (χ4n) is 2.34. The Morgan fingerprint density at radius 2 is 1.80 bits per heavy atom. The molecular formula is C19H20ClFN2O2. The SMILES string of the molecule is CCC(=O)Nc1ccc(C(C)NC(=O)Cc2c(F)cccc2Cl)cc1. The summed E-state index contributed by atoms with van der Waals surface area (Å²) in [5.74, 6) is -0.870. The maximum Gasteiger partial charge on any atom is 0.225 e. The maximum atomic E-state index is 13.8. The minimum absolute atomic E-state index is 0.0594. The van der Waals surface area contributed by atoms with Crippen molar-refractivity contribution < 1.29 is 14.0 Å². The zero-order chi connectivity index (χ0) is 18.4. The van der Waals surface area contributed by atoms with Gasteiger partial charge in [0.25, 0.3) is 0 Å². The van der Waals surface area contributed by atoms with Crippen LogP contribution in [-0.2, 0) is 16.0 Å². The summed E-state index contributed by atoms with van der Waals surface area (Å²) in [4.78, 5) is 23.5. The summed E-state index contributed by atoms with van der Waals surface area (Å²) in [5, 5.41) is 5.81. The number of carbonyl (C=O) groups excluding carboxylic acids is 2. The van der Waals surface area contributed by atoms with Crippen molar-refractivity contribution in [1.29, 1.82) is 0 Å². The topological polar surface area (TPSA) is 58.2 Å². The van der Waals surface area contributed by atoms with Gasteiger partial charge in [0.1, 0.15) is 5.82 Å². The highest BCUT2D eigenvalue weighted by atomic mass is 35.5. The van der Waals surface area contributed by atoms with E-state index in [1.165, 1.54) is 12.1 Å². The van der Waals surface area contributed by atoms with Gasteiger partial charge in [0.05, 0.1) is 12.5 Å². The van der Waals surface area contributed by atoms with E-state index in [1.807, 2.05) is 19.1 Å². The van der Waals surface area contributed by atoms with Crippen molar-refractivity contribution in [1.82, 2.24) is 5.32 Å². The molecule has 0 bridgehead atoms. The Labute approximate surface area is 151 Å². The van der Waals surface area contributed by atoms with Crippen LogP contribution in [0.5, 0.6) is 0 Å². The lowest BCUT2D eigenvalue weighted by atomic mass is 10.1. The van der Waals surface area contributed by atoms with Gasteiger partial charge < -0.3 is 10.6 Å². The van der Waals surface area contributed by atoms with Crippen LogP contribution in [0.2, 0.25) is 5.02 Å². The number of halogens is 2. The Balaban J connectivity index is 1.98. The first-order valence-electron chi connectivity index (χ1n) is 8.02. The molecule has 0 heterocycles. The molecule has 2 aromatic rings. The van der Waals surface area contributed by atoms with Crippen molar-refractivity contribution in [3.63, 3.8) is 0 Å². The Morgan fingerprint density at radius 3 is 2.40 bits per heavy atom. The van der Waals surface area contributed by atoms with E-state index in [2.05, 4.69) is 10.6 Å². The number of benzene rings is 2. The first-order chi connectivity index (χ1) is 11.9. The zero-order valence-electron chi connectivity index (χ0n) is 14.1. The van der Waals surface area contributed by atoms with Crippen LogP contribution in [0.25, 0.3) is 0 Å². The first-order valence-corrected chi connectivity index (χ1v) is 8.40. The van der Waals surface area contributed by atoms with E-state index in [0.29, 0.717) is 12.1 Å². The molecule has 0 saturated carbocycles. The van der Waals surface area contributed by atoms with Gasteiger partial charge in [0.2, 0.25) is 11.8 Å². The summed E-state index contributed by atoms with van der Waals surface area (Å²) in [7, 11) is 0. The molecule has 0 saturated heterocycles.